The Bertz CT molecular complexity index is 423. The number of hydrogen-bond acceptors (Lipinski definition) is 2. The molecular formula is C15H21F2NO. The smallest absolute Gasteiger partial charge is 0.130 e. The van der Waals surface area contributed by atoms with E-state index in [9.17, 15) is 13.9 Å². The zero-order chi connectivity index (χ0) is 13.8. The van der Waals surface area contributed by atoms with Gasteiger partial charge in [0, 0.05) is 24.2 Å². The van der Waals surface area contributed by atoms with E-state index in [1.54, 1.807) is 6.92 Å². The van der Waals surface area contributed by atoms with E-state index < -0.39 is 11.6 Å². The first kappa shape index (κ1) is 14.4. The highest BCUT2D eigenvalue weighted by Gasteiger charge is 2.24. The van der Waals surface area contributed by atoms with Crippen molar-refractivity contribution in [2.45, 2.75) is 51.3 Å². The SMILES string of the molecule is CC(O)CC1CCCCN1Cc1ccc(F)cc1F. The van der Waals surface area contributed by atoms with E-state index in [1.807, 2.05) is 0 Å². The van der Waals surface area contributed by atoms with Gasteiger partial charge in [-0.3, -0.25) is 4.90 Å². The van der Waals surface area contributed by atoms with Crippen molar-refractivity contribution in [2.75, 3.05) is 6.54 Å². The van der Waals surface area contributed by atoms with Crippen LogP contribution in [0.5, 0.6) is 0 Å². The van der Waals surface area contributed by atoms with Crippen LogP contribution in [0.15, 0.2) is 18.2 Å². The molecule has 0 aromatic heterocycles. The summed E-state index contributed by atoms with van der Waals surface area (Å²) in [4.78, 5) is 2.20. The summed E-state index contributed by atoms with van der Waals surface area (Å²) in [7, 11) is 0. The molecule has 4 heteroatoms. The fourth-order valence-corrected chi connectivity index (χ4v) is 2.80. The third-order valence-electron chi connectivity index (χ3n) is 3.75. The first-order chi connectivity index (χ1) is 9.06. The molecule has 2 nitrogen and oxygen atoms in total. The molecule has 19 heavy (non-hydrogen) atoms. The Hall–Kier alpha value is -1.00. The van der Waals surface area contributed by atoms with Gasteiger partial charge in [-0.2, -0.15) is 0 Å². The molecule has 1 heterocycles. The molecule has 0 saturated carbocycles. The van der Waals surface area contributed by atoms with Crippen molar-refractivity contribution in [3.8, 4) is 0 Å². The molecule has 0 amide bonds. The molecule has 0 spiro atoms. The van der Waals surface area contributed by atoms with Crippen molar-refractivity contribution < 1.29 is 13.9 Å². The third kappa shape index (κ3) is 3.98. The van der Waals surface area contributed by atoms with Crippen LogP contribution in [0.4, 0.5) is 8.78 Å². The van der Waals surface area contributed by atoms with Crippen molar-refractivity contribution in [1.29, 1.82) is 0 Å². The number of nitrogens with zero attached hydrogens (tertiary/aromatic N) is 1. The monoisotopic (exact) mass is 269 g/mol. The fourth-order valence-electron chi connectivity index (χ4n) is 2.80. The molecule has 0 aliphatic carbocycles. The normalized spacial score (nSPS) is 22.4. The minimum atomic E-state index is -0.541. The van der Waals surface area contributed by atoms with Gasteiger partial charge in [-0.15, -0.1) is 0 Å². The molecule has 2 unspecified atom stereocenters. The molecule has 1 aliphatic rings. The molecule has 2 atom stereocenters. The largest absolute Gasteiger partial charge is 0.393 e. The molecule has 1 aromatic rings. The highest BCUT2D eigenvalue weighted by molar-refractivity contribution is 5.18. The number of aliphatic hydroxyl groups excluding tert-OH is 1. The van der Waals surface area contributed by atoms with Crippen LogP contribution in [0.2, 0.25) is 0 Å². The van der Waals surface area contributed by atoms with Gasteiger partial charge in [0.25, 0.3) is 0 Å². The molecule has 1 aliphatic heterocycles. The van der Waals surface area contributed by atoms with Crippen LogP contribution in [0.1, 0.15) is 38.2 Å². The quantitative estimate of drug-likeness (QED) is 0.908. The zero-order valence-electron chi connectivity index (χ0n) is 11.3. The summed E-state index contributed by atoms with van der Waals surface area (Å²) in [6, 6.07) is 4.03. The summed E-state index contributed by atoms with van der Waals surface area (Å²) in [5, 5.41) is 9.53. The maximum atomic E-state index is 13.7. The second-order valence-electron chi connectivity index (χ2n) is 5.44. The van der Waals surface area contributed by atoms with E-state index in [0.717, 1.165) is 31.9 Å². The van der Waals surface area contributed by atoms with E-state index in [-0.39, 0.29) is 6.10 Å². The fraction of sp³-hybridized carbons (Fsp3) is 0.600. The van der Waals surface area contributed by atoms with E-state index in [0.29, 0.717) is 24.6 Å². The summed E-state index contributed by atoms with van der Waals surface area (Å²) in [6.07, 6.45) is 3.65. The van der Waals surface area contributed by atoms with E-state index in [4.69, 9.17) is 0 Å². The van der Waals surface area contributed by atoms with Gasteiger partial charge in [0.15, 0.2) is 0 Å². The van der Waals surface area contributed by atoms with E-state index in [2.05, 4.69) is 4.90 Å². The average molecular weight is 269 g/mol. The predicted molar refractivity (Wildman–Crippen MR) is 70.7 cm³/mol. The lowest BCUT2D eigenvalue weighted by Gasteiger charge is -2.36. The Labute approximate surface area is 113 Å². The van der Waals surface area contributed by atoms with E-state index >= 15 is 0 Å². The number of rotatable bonds is 4. The Morgan fingerprint density at radius 3 is 2.84 bits per heavy atom. The van der Waals surface area contributed by atoms with Crippen LogP contribution in [0.3, 0.4) is 0 Å². The number of likely N-dealkylation sites (tertiary alicyclic amines) is 1. The van der Waals surface area contributed by atoms with Gasteiger partial charge in [-0.1, -0.05) is 12.5 Å². The maximum absolute atomic E-state index is 13.7. The van der Waals surface area contributed by atoms with Gasteiger partial charge in [-0.05, 0) is 38.8 Å². The molecule has 2 rings (SSSR count). The van der Waals surface area contributed by atoms with Gasteiger partial charge in [-0.25, -0.2) is 8.78 Å². The molecule has 0 radical (unpaired) electrons. The first-order valence-corrected chi connectivity index (χ1v) is 6.92. The van der Waals surface area contributed by atoms with Crippen molar-refractivity contribution in [3.05, 3.63) is 35.4 Å². The van der Waals surface area contributed by atoms with Gasteiger partial charge in [0.2, 0.25) is 0 Å². The number of hydrogen-bond donors (Lipinski definition) is 1. The Morgan fingerprint density at radius 2 is 2.16 bits per heavy atom. The summed E-state index contributed by atoms with van der Waals surface area (Å²) < 4.78 is 26.6. The van der Waals surface area contributed by atoms with Gasteiger partial charge in [0.1, 0.15) is 11.6 Å². The lowest BCUT2D eigenvalue weighted by molar-refractivity contribution is 0.0810. The van der Waals surface area contributed by atoms with Crippen LogP contribution >= 0.6 is 0 Å². The van der Waals surface area contributed by atoms with Crippen molar-refractivity contribution in [1.82, 2.24) is 4.90 Å². The zero-order valence-corrected chi connectivity index (χ0v) is 11.3. The minimum absolute atomic E-state index is 0.290. The van der Waals surface area contributed by atoms with Gasteiger partial charge in [0.05, 0.1) is 6.10 Å². The summed E-state index contributed by atoms with van der Waals surface area (Å²) >= 11 is 0. The van der Waals surface area contributed by atoms with Crippen LogP contribution < -0.4 is 0 Å². The van der Waals surface area contributed by atoms with Crippen LogP contribution in [-0.2, 0) is 6.54 Å². The lowest BCUT2D eigenvalue weighted by Crippen LogP contribution is -2.40. The Balaban J connectivity index is 2.06. The van der Waals surface area contributed by atoms with Crippen LogP contribution in [0.25, 0.3) is 0 Å². The predicted octanol–water partition coefficient (Wildman–Crippen LogP) is 3.09. The number of halogens is 2. The molecule has 1 fully saturated rings. The third-order valence-corrected chi connectivity index (χ3v) is 3.75. The molecule has 1 N–H and O–H groups in total. The summed E-state index contributed by atoms with van der Waals surface area (Å²) in [5.74, 6) is -1.03. The second-order valence-corrected chi connectivity index (χ2v) is 5.44. The highest BCUT2D eigenvalue weighted by atomic mass is 19.1. The lowest BCUT2D eigenvalue weighted by atomic mass is 9.96. The molecule has 0 bridgehead atoms. The average Bonchev–Trinajstić information content (AvgIpc) is 2.34. The van der Waals surface area contributed by atoms with Crippen molar-refractivity contribution in [2.24, 2.45) is 0 Å². The number of aliphatic hydroxyl groups is 1. The minimum Gasteiger partial charge on any atom is -0.393 e. The maximum Gasteiger partial charge on any atom is 0.130 e. The van der Waals surface area contributed by atoms with Gasteiger partial charge >= 0.3 is 0 Å². The Morgan fingerprint density at radius 1 is 1.37 bits per heavy atom. The first-order valence-electron chi connectivity index (χ1n) is 6.92. The Kier molecular flexibility index (Phi) is 4.88. The number of piperidine rings is 1. The van der Waals surface area contributed by atoms with Crippen LogP contribution in [-0.4, -0.2) is 28.7 Å². The number of benzene rings is 1. The van der Waals surface area contributed by atoms with E-state index in [1.165, 1.54) is 12.1 Å². The second kappa shape index (κ2) is 6.44. The standard InChI is InChI=1S/C15H21F2NO/c1-11(19)8-14-4-2-3-7-18(14)10-12-5-6-13(16)9-15(12)17/h5-6,9,11,14,19H,2-4,7-8,10H2,1H3. The van der Waals surface area contributed by atoms with Crippen LogP contribution in [0, 0.1) is 11.6 Å². The molecule has 1 saturated heterocycles. The van der Waals surface area contributed by atoms with Crippen molar-refractivity contribution in [3.63, 3.8) is 0 Å². The molecule has 1 aromatic carbocycles. The topological polar surface area (TPSA) is 23.5 Å². The highest BCUT2D eigenvalue weighted by Crippen LogP contribution is 2.24. The summed E-state index contributed by atoms with van der Waals surface area (Å²) in [5.41, 5.74) is 0.527. The van der Waals surface area contributed by atoms with Crippen molar-refractivity contribution >= 4 is 0 Å². The molecule has 106 valence electrons. The van der Waals surface area contributed by atoms with Gasteiger partial charge < -0.3 is 5.11 Å². The summed E-state index contributed by atoms with van der Waals surface area (Å²) in [6.45, 7) is 3.18. The molecular weight excluding hydrogens is 248 g/mol.